The minimum Gasteiger partial charge on any atom is -0.486 e. The summed E-state index contributed by atoms with van der Waals surface area (Å²) < 4.78 is 6.15. The van der Waals surface area contributed by atoms with Crippen molar-refractivity contribution in [3.05, 3.63) is 90.0 Å². The van der Waals surface area contributed by atoms with Gasteiger partial charge >= 0.3 is 0 Å². The lowest BCUT2D eigenvalue weighted by molar-refractivity contribution is 0.302. The summed E-state index contributed by atoms with van der Waals surface area (Å²) in [6, 6.07) is 14.1. The van der Waals surface area contributed by atoms with E-state index in [9.17, 15) is 0 Å². The second-order valence-electron chi connectivity index (χ2n) is 5.98. The second-order valence-corrected chi connectivity index (χ2v) is 5.98. The van der Waals surface area contributed by atoms with Gasteiger partial charge in [0, 0.05) is 17.4 Å². The lowest BCUT2D eigenvalue weighted by Gasteiger charge is -2.28. The summed E-state index contributed by atoms with van der Waals surface area (Å²) >= 11 is 0. The molecule has 2 aromatic carbocycles. The van der Waals surface area contributed by atoms with E-state index in [1.165, 1.54) is 0 Å². The van der Waals surface area contributed by atoms with Crippen molar-refractivity contribution in [3.63, 3.8) is 0 Å². The monoisotopic (exact) mass is 317 g/mol. The average Bonchev–Trinajstić information content (AvgIpc) is 2.62. The first-order valence-corrected chi connectivity index (χ1v) is 8.27. The smallest absolute Gasteiger partial charge is 0.147 e. The Kier molecular flexibility index (Phi) is 4.85. The maximum atomic E-state index is 6.24. The van der Waals surface area contributed by atoms with Crippen LogP contribution in [0.3, 0.4) is 0 Å². The van der Waals surface area contributed by atoms with Crippen LogP contribution in [0.4, 0.5) is 5.69 Å². The molecule has 0 aliphatic heterocycles. The zero-order valence-corrected chi connectivity index (χ0v) is 14.0. The molecular weight excluding hydrogens is 294 g/mol. The molecule has 2 aromatic rings. The minimum absolute atomic E-state index is 0.162. The summed E-state index contributed by atoms with van der Waals surface area (Å²) in [5.41, 5.74) is 10.3. The molecule has 2 atom stereocenters. The first-order chi connectivity index (χ1) is 11.7. The molecule has 2 nitrogen and oxygen atoms in total. The highest BCUT2D eigenvalue weighted by Gasteiger charge is 2.26. The summed E-state index contributed by atoms with van der Waals surface area (Å²) in [6.07, 6.45) is 10.6. The van der Waals surface area contributed by atoms with Crippen molar-refractivity contribution in [2.24, 2.45) is 5.92 Å². The fourth-order valence-corrected chi connectivity index (χ4v) is 3.22. The average molecular weight is 317 g/mol. The molecule has 2 N–H and O–H groups in total. The Labute approximate surface area is 144 Å². The molecule has 1 aliphatic carbocycles. The molecule has 0 bridgehead atoms. The maximum Gasteiger partial charge on any atom is 0.147 e. The third-order valence-electron chi connectivity index (χ3n) is 4.40. The number of allylic oxidation sites excluding steroid dienone is 4. The Morgan fingerprint density at radius 1 is 1.17 bits per heavy atom. The zero-order chi connectivity index (χ0) is 16.9. The molecule has 0 spiro atoms. The van der Waals surface area contributed by atoms with Crippen molar-refractivity contribution in [2.75, 3.05) is 5.73 Å². The van der Waals surface area contributed by atoms with E-state index >= 15 is 0 Å². The van der Waals surface area contributed by atoms with E-state index < -0.39 is 0 Å². The summed E-state index contributed by atoms with van der Waals surface area (Å²) in [5.74, 6) is 1.22. The first-order valence-electron chi connectivity index (χ1n) is 8.27. The number of nitrogens with two attached hydrogens (primary N) is 1. The molecule has 0 saturated carbocycles. The predicted octanol–water partition coefficient (Wildman–Crippen LogP) is 5.34. The quantitative estimate of drug-likeness (QED) is 0.597. The SMILES string of the molecule is C=CC1c2c(ccc(N)c2OCc2ccccc2)C=CC1/C=C\C. The molecule has 0 heterocycles. The number of ether oxygens (including phenoxy) is 1. The van der Waals surface area contributed by atoms with E-state index in [-0.39, 0.29) is 11.8 Å². The number of fused-ring (bicyclic) bond motifs is 1. The lowest BCUT2D eigenvalue weighted by atomic mass is 9.78. The Bertz CT molecular complexity index is 774. The standard InChI is InChI=1S/C22H23NO/c1-3-8-17-11-12-18-13-14-20(23)22(21(18)19(17)4-2)24-15-16-9-6-5-7-10-16/h3-14,17,19H,2,15,23H2,1H3/b8-3-. The van der Waals surface area contributed by atoms with Gasteiger partial charge in [0.1, 0.15) is 12.4 Å². The van der Waals surface area contributed by atoms with Gasteiger partial charge in [0.25, 0.3) is 0 Å². The number of nitrogen functional groups attached to an aromatic ring is 1. The molecule has 24 heavy (non-hydrogen) atoms. The molecule has 2 unspecified atom stereocenters. The van der Waals surface area contributed by atoms with Gasteiger partial charge in [-0.15, -0.1) is 6.58 Å². The maximum absolute atomic E-state index is 6.24. The van der Waals surface area contributed by atoms with Gasteiger partial charge in [-0.05, 0) is 24.1 Å². The van der Waals surface area contributed by atoms with Gasteiger partial charge in [0.2, 0.25) is 0 Å². The van der Waals surface area contributed by atoms with Gasteiger partial charge in [0.15, 0.2) is 0 Å². The van der Waals surface area contributed by atoms with Gasteiger partial charge in [-0.1, -0.05) is 66.8 Å². The van der Waals surface area contributed by atoms with E-state index in [0.717, 1.165) is 22.4 Å². The number of anilines is 1. The molecule has 3 rings (SSSR count). The van der Waals surface area contributed by atoms with Crippen LogP contribution in [0.5, 0.6) is 5.75 Å². The van der Waals surface area contributed by atoms with Crippen LogP contribution in [-0.4, -0.2) is 0 Å². The highest BCUT2D eigenvalue weighted by Crippen LogP contribution is 2.44. The highest BCUT2D eigenvalue weighted by molar-refractivity contribution is 5.71. The number of benzene rings is 2. The minimum atomic E-state index is 0.162. The van der Waals surface area contributed by atoms with Gasteiger partial charge in [0.05, 0.1) is 5.69 Å². The van der Waals surface area contributed by atoms with E-state index in [0.29, 0.717) is 12.3 Å². The van der Waals surface area contributed by atoms with Crippen molar-refractivity contribution < 1.29 is 4.74 Å². The Morgan fingerprint density at radius 3 is 2.67 bits per heavy atom. The van der Waals surface area contributed by atoms with Crippen LogP contribution in [0.25, 0.3) is 6.08 Å². The van der Waals surface area contributed by atoms with Gasteiger partial charge in [-0.3, -0.25) is 0 Å². The molecule has 1 aliphatic rings. The van der Waals surface area contributed by atoms with Crippen molar-refractivity contribution >= 4 is 11.8 Å². The summed E-state index contributed by atoms with van der Waals surface area (Å²) in [6.45, 7) is 6.58. The Morgan fingerprint density at radius 2 is 1.96 bits per heavy atom. The fraction of sp³-hybridized carbons (Fsp3) is 0.182. The van der Waals surface area contributed by atoms with Gasteiger partial charge < -0.3 is 10.5 Å². The largest absolute Gasteiger partial charge is 0.486 e. The second kappa shape index (κ2) is 7.22. The summed E-state index contributed by atoms with van der Waals surface area (Å²) in [7, 11) is 0. The molecule has 2 heteroatoms. The Hall–Kier alpha value is -2.74. The van der Waals surface area contributed by atoms with E-state index in [1.807, 2.05) is 37.3 Å². The number of hydrogen-bond acceptors (Lipinski definition) is 2. The molecule has 0 aromatic heterocycles. The van der Waals surface area contributed by atoms with Crippen LogP contribution in [0.15, 0.2) is 73.3 Å². The fourth-order valence-electron chi connectivity index (χ4n) is 3.22. The van der Waals surface area contributed by atoms with E-state index in [1.54, 1.807) is 0 Å². The van der Waals surface area contributed by atoms with Gasteiger partial charge in [-0.2, -0.15) is 0 Å². The van der Waals surface area contributed by atoms with E-state index in [4.69, 9.17) is 10.5 Å². The summed E-state index contributed by atoms with van der Waals surface area (Å²) in [4.78, 5) is 0. The topological polar surface area (TPSA) is 35.2 Å². The highest BCUT2D eigenvalue weighted by atomic mass is 16.5. The van der Waals surface area contributed by atoms with Crippen LogP contribution in [0.2, 0.25) is 0 Å². The Balaban J connectivity index is 1.98. The molecular formula is C22H23NO. The van der Waals surface area contributed by atoms with Crippen molar-refractivity contribution in [1.29, 1.82) is 0 Å². The van der Waals surface area contributed by atoms with Crippen LogP contribution < -0.4 is 10.5 Å². The normalized spacial score (nSPS) is 19.2. The van der Waals surface area contributed by atoms with E-state index in [2.05, 4.69) is 49.1 Å². The third kappa shape index (κ3) is 3.13. The molecule has 0 radical (unpaired) electrons. The van der Waals surface area contributed by atoms with Crippen LogP contribution >= 0.6 is 0 Å². The van der Waals surface area contributed by atoms with Crippen LogP contribution in [0.1, 0.15) is 29.5 Å². The zero-order valence-electron chi connectivity index (χ0n) is 14.0. The molecule has 0 saturated heterocycles. The van der Waals surface area contributed by atoms with Crippen LogP contribution in [0, 0.1) is 5.92 Å². The number of rotatable bonds is 5. The predicted molar refractivity (Wildman–Crippen MR) is 102 cm³/mol. The first kappa shape index (κ1) is 16.1. The molecule has 122 valence electrons. The van der Waals surface area contributed by atoms with Crippen molar-refractivity contribution in [2.45, 2.75) is 19.4 Å². The molecule has 0 fully saturated rings. The van der Waals surface area contributed by atoms with Gasteiger partial charge in [-0.25, -0.2) is 0 Å². The van der Waals surface area contributed by atoms with Crippen molar-refractivity contribution in [1.82, 2.24) is 0 Å². The lowest BCUT2D eigenvalue weighted by Crippen LogP contribution is -2.14. The van der Waals surface area contributed by atoms with Crippen molar-refractivity contribution in [3.8, 4) is 5.75 Å². The number of hydrogen-bond donors (Lipinski definition) is 1. The summed E-state index contributed by atoms with van der Waals surface area (Å²) in [5, 5.41) is 0. The van der Waals surface area contributed by atoms with Crippen LogP contribution in [-0.2, 0) is 6.61 Å². The molecule has 0 amide bonds. The third-order valence-corrected chi connectivity index (χ3v) is 4.40.